The Balaban J connectivity index is 1.64. The zero-order chi connectivity index (χ0) is 19.9. The first kappa shape index (κ1) is 18.9. The molecule has 4 rings (SSSR count). The van der Waals surface area contributed by atoms with Gasteiger partial charge in [-0.05, 0) is 47.5 Å². The first-order chi connectivity index (χ1) is 14.3. The van der Waals surface area contributed by atoms with Gasteiger partial charge in [-0.2, -0.15) is 9.78 Å². The quantitative estimate of drug-likeness (QED) is 0.336. The van der Waals surface area contributed by atoms with Crippen molar-refractivity contribution in [1.29, 1.82) is 0 Å². The molecule has 0 amide bonds. The molecule has 0 aliphatic rings. The standard InChI is InChI=1S/C22H19N5OS/c1-28-20-9-7-17(8-10-20)15-24-27-21(19-11-13-23-14-12-19)25-26-22(27)29-16-18-5-3-2-4-6-18/h2-15H,16H2,1H3/b24-15+. The number of methoxy groups -OCH3 is 1. The summed E-state index contributed by atoms with van der Waals surface area (Å²) in [6.45, 7) is 0. The molecule has 0 N–H and O–H groups in total. The normalized spacial score (nSPS) is 11.1. The number of nitrogens with zero attached hydrogens (tertiary/aromatic N) is 5. The molecule has 2 aromatic heterocycles. The Morgan fingerprint density at radius 1 is 0.966 bits per heavy atom. The minimum atomic E-state index is 0.674. The number of benzene rings is 2. The lowest BCUT2D eigenvalue weighted by Crippen LogP contribution is -1.97. The smallest absolute Gasteiger partial charge is 0.212 e. The van der Waals surface area contributed by atoms with Crippen LogP contribution >= 0.6 is 11.8 Å². The van der Waals surface area contributed by atoms with E-state index in [0.717, 1.165) is 27.8 Å². The molecule has 0 unspecified atom stereocenters. The van der Waals surface area contributed by atoms with Crippen molar-refractivity contribution in [3.8, 4) is 17.1 Å². The summed E-state index contributed by atoms with van der Waals surface area (Å²) < 4.78 is 6.98. The highest BCUT2D eigenvalue weighted by Crippen LogP contribution is 2.26. The van der Waals surface area contributed by atoms with Crippen LogP contribution in [0.15, 0.2) is 89.4 Å². The lowest BCUT2D eigenvalue weighted by Gasteiger charge is -2.05. The van der Waals surface area contributed by atoms with Crippen LogP contribution in [0, 0.1) is 0 Å². The fourth-order valence-corrected chi connectivity index (χ4v) is 3.52. The zero-order valence-electron chi connectivity index (χ0n) is 15.8. The summed E-state index contributed by atoms with van der Waals surface area (Å²) in [5, 5.41) is 14.1. The van der Waals surface area contributed by atoms with Crippen LogP contribution in [0.5, 0.6) is 5.75 Å². The average molecular weight is 401 g/mol. The van der Waals surface area contributed by atoms with E-state index in [-0.39, 0.29) is 0 Å². The second kappa shape index (κ2) is 9.16. The Bertz CT molecular complexity index is 1080. The molecule has 29 heavy (non-hydrogen) atoms. The Morgan fingerprint density at radius 2 is 1.72 bits per heavy atom. The molecule has 0 spiro atoms. The predicted molar refractivity (Wildman–Crippen MR) is 115 cm³/mol. The highest BCUT2D eigenvalue weighted by Gasteiger charge is 2.14. The van der Waals surface area contributed by atoms with Gasteiger partial charge in [-0.25, -0.2) is 0 Å². The van der Waals surface area contributed by atoms with Gasteiger partial charge in [0.15, 0.2) is 5.82 Å². The molecule has 0 atom stereocenters. The molecule has 2 heterocycles. The van der Waals surface area contributed by atoms with E-state index < -0.39 is 0 Å². The van der Waals surface area contributed by atoms with Gasteiger partial charge in [0.05, 0.1) is 13.3 Å². The van der Waals surface area contributed by atoms with Crippen molar-refractivity contribution < 1.29 is 4.74 Å². The summed E-state index contributed by atoms with van der Waals surface area (Å²) in [6.07, 6.45) is 5.26. The molecule has 144 valence electrons. The van der Waals surface area contributed by atoms with Crippen LogP contribution in [-0.4, -0.2) is 33.2 Å². The fraction of sp³-hybridized carbons (Fsp3) is 0.0909. The number of rotatable bonds is 7. The third kappa shape index (κ3) is 4.70. The first-order valence-corrected chi connectivity index (χ1v) is 10.0. The Hall–Kier alpha value is -3.45. The summed E-state index contributed by atoms with van der Waals surface area (Å²) >= 11 is 1.60. The van der Waals surface area contributed by atoms with Crippen molar-refractivity contribution in [3.63, 3.8) is 0 Å². The van der Waals surface area contributed by atoms with Crippen LogP contribution in [0.1, 0.15) is 11.1 Å². The monoisotopic (exact) mass is 401 g/mol. The number of aromatic nitrogens is 4. The Labute approximate surface area is 173 Å². The van der Waals surface area contributed by atoms with Crippen molar-refractivity contribution in [1.82, 2.24) is 19.9 Å². The second-order valence-electron chi connectivity index (χ2n) is 6.15. The van der Waals surface area contributed by atoms with Crippen molar-refractivity contribution in [2.45, 2.75) is 10.9 Å². The molecule has 0 fully saturated rings. The summed E-state index contributed by atoms with van der Waals surface area (Å²) in [6, 6.07) is 21.8. The van der Waals surface area contributed by atoms with Gasteiger partial charge in [0, 0.05) is 23.7 Å². The van der Waals surface area contributed by atoms with Crippen LogP contribution in [0.4, 0.5) is 0 Å². The minimum absolute atomic E-state index is 0.674. The second-order valence-corrected chi connectivity index (χ2v) is 7.09. The molecule has 6 nitrogen and oxygen atoms in total. The summed E-state index contributed by atoms with van der Waals surface area (Å²) in [4.78, 5) is 4.08. The van der Waals surface area contributed by atoms with Crippen molar-refractivity contribution in [2.24, 2.45) is 5.10 Å². The van der Waals surface area contributed by atoms with Crippen LogP contribution in [0.2, 0.25) is 0 Å². The number of pyridine rings is 1. The van der Waals surface area contributed by atoms with Crippen LogP contribution in [-0.2, 0) is 5.75 Å². The van der Waals surface area contributed by atoms with Crippen LogP contribution in [0.25, 0.3) is 11.4 Å². The van der Waals surface area contributed by atoms with Gasteiger partial charge in [-0.1, -0.05) is 42.1 Å². The highest BCUT2D eigenvalue weighted by atomic mass is 32.2. The topological polar surface area (TPSA) is 65.2 Å². The Kier molecular flexibility index (Phi) is 5.97. The molecular weight excluding hydrogens is 382 g/mol. The molecule has 0 saturated heterocycles. The van der Waals surface area contributed by atoms with E-state index in [1.807, 2.05) is 54.6 Å². The maximum Gasteiger partial charge on any atom is 0.212 e. The predicted octanol–water partition coefficient (Wildman–Crippen LogP) is 4.52. The van der Waals surface area contributed by atoms with E-state index in [1.165, 1.54) is 5.56 Å². The Morgan fingerprint density at radius 3 is 2.45 bits per heavy atom. The van der Waals surface area contributed by atoms with Gasteiger partial charge in [-0.3, -0.25) is 4.98 Å². The molecule has 0 aliphatic heterocycles. The third-order valence-corrected chi connectivity index (χ3v) is 5.19. The van der Waals surface area contributed by atoms with Gasteiger partial charge in [-0.15, -0.1) is 10.2 Å². The summed E-state index contributed by atoms with van der Waals surface area (Å²) in [5.41, 5.74) is 3.08. The highest BCUT2D eigenvalue weighted by molar-refractivity contribution is 7.98. The van der Waals surface area contributed by atoms with Gasteiger partial charge in [0.25, 0.3) is 0 Å². The number of ether oxygens (including phenoxy) is 1. The molecular formula is C22H19N5OS. The van der Waals surface area contributed by atoms with Crippen LogP contribution < -0.4 is 4.74 Å². The lowest BCUT2D eigenvalue weighted by atomic mass is 10.2. The van der Waals surface area contributed by atoms with E-state index in [2.05, 4.69) is 32.4 Å². The summed E-state index contributed by atoms with van der Waals surface area (Å²) in [5.74, 6) is 2.27. The molecule has 4 aromatic rings. The maximum atomic E-state index is 5.21. The van der Waals surface area contributed by atoms with Crippen molar-refractivity contribution >= 4 is 18.0 Å². The van der Waals surface area contributed by atoms with E-state index in [9.17, 15) is 0 Å². The van der Waals surface area contributed by atoms with Gasteiger partial charge in [0.2, 0.25) is 5.16 Å². The van der Waals surface area contributed by atoms with Gasteiger partial charge in [0.1, 0.15) is 5.75 Å². The fourth-order valence-electron chi connectivity index (χ4n) is 2.68. The lowest BCUT2D eigenvalue weighted by molar-refractivity contribution is 0.415. The van der Waals surface area contributed by atoms with E-state index in [0.29, 0.717) is 5.82 Å². The van der Waals surface area contributed by atoms with E-state index >= 15 is 0 Å². The molecule has 0 saturated carbocycles. The van der Waals surface area contributed by atoms with Gasteiger partial charge >= 0.3 is 0 Å². The molecule has 0 radical (unpaired) electrons. The van der Waals surface area contributed by atoms with Gasteiger partial charge < -0.3 is 4.74 Å². The van der Waals surface area contributed by atoms with E-state index in [1.54, 1.807) is 42.2 Å². The first-order valence-electron chi connectivity index (χ1n) is 9.04. The number of thioether (sulfide) groups is 1. The molecule has 2 aromatic carbocycles. The third-order valence-electron chi connectivity index (χ3n) is 4.20. The zero-order valence-corrected chi connectivity index (χ0v) is 16.7. The molecule has 0 bridgehead atoms. The summed E-state index contributed by atoms with van der Waals surface area (Å²) in [7, 11) is 1.65. The van der Waals surface area contributed by atoms with Crippen molar-refractivity contribution in [2.75, 3.05) is 7.11 Å². The maximum absolute atomic E-state index is 5.21. The number of hydrogen-bond donors (Lipinski definition) is 0. The average Bonchev–Trinajstić information content (AvgIpc) is 3.20. The molecule has 0 aliphatic carbocycles. The van der Waals surface area contributed by atoms with Crippen molar-refractivity contribution in [3.05, 3.63) is 90.3 Å². The SMILES string of the molecule is COc1ccc(/C=N/n2c(SCc3ccccc3)nnc2-c2ccncc2)cc1. The largest absolute Gasteiger partial charge is 0.497 e. The number of hydrogen-bond acceptors (Lipinski definition) is 6. The van der Waals surface area contributed by atoms with E-state index in [4.69, 9.17) is 4.74 Å². The molecule has 7 heteroatoms. The minimum Gasteiger partial charge on any atom is -0.497 e. The van der Waals surface area contributed by atoms with Crippen LogP contribution in [0.3, 0.4) is 0 Å².